The summed E-state index contributed by atoms with van der Waals surface area (Å²) >= 11 is 0. The quantitative estimate of drug-likeness (QED) is 0.874. The van der Waals surface area contributed by atoms with Gasteiger partial charge in [-0.25, -0.2) is 0 Å². The molecule has 2 aromatic rings. The van der Waals surface area contributed by atoms with Crippen molar-refractivity contribution in [2.45, 2.75) is 38.3 Å². The minimum atomic E-state index is -0.122. The topological polar surface area (TPSA) is 32.3 Å². The number of rotatable bonds is 1. The molecule has 2 heterocycles. The third kappa shape index (κ3) is 2.08. The van der Waals surface area contributed by atoms with Crippen LogP contribution in [0, 0.1) is 0 Å². The minimum Gasteiger partial charge on any atom is -0.373 e. The number of carbonyl (C=O) groups is 1. The van der Waals surface area contributed by atoms with E-state index in [9.17, 15) is 4.79 Å². The maximum Gasteiger partial charge on any atom is 0.249 e. The number of aryl methyl sites for hydroxylation is 1. The third-order valence-corrected chi connectivity index (χ3v) is 4.79. The molecule has 3 heteroatoms. The molecular formula is C19H20N2O. The van der Waals surface area contributed by atoms with Crippen LogP contribution in [0.4, 0.5) is 11.4 Å². The van der Waals surface area contributed by atoms with E-state index in [0.717, 1.165) is 30.6 Å². The Balaban J connectivity index is 1.61. The van der Waals surface area contributed by atoms with Crippen molar-refractivity contribution >= 4 is 17.3 Å². The number of fused-ring (bicyclic) bond motifs is 2. The minimum absolute atomic E-state index is 0.122. The molecule has 0 aliphatic carbocycles. The SMILES string of the molecule is CC1Cc2ccccc2N1C(=O)C1CCc2ccccc2N1. The lowest BCUT2D eigenvalue weighted by Gasteiger charge is -2.32. The summed E-state index contributed by atoms with van der Waals surface area (Å²) in [6.45, 7) is 2.13. The fourth-order valence-electron chi connectivity index (χ4n) is 3.69. The number of hydrogen-bond acceptors (Lipinski definition) is 2. The maximum atomic E-state index is 13.0. The number of nitrogens with one attached hydrogen (secondary N) is 1. The van der Waals surface area contributed by atoms with Crippen molar-refractivity contribution in [3.63, 3.8) is 0 Å². The van der Waals surface area contributed by atoms with E-state index in [4.69, 9.17) is 0 Å². The predicted octanol–water partition coefficient (Wildman–Crippen LogP) is 3.39. The van der Waals surface area contributed by atoms with Crippen molar-refractivity contribution in [2.24, 2.45) is 0 Å². The highest BCUT2D eigenvalue weighted by molar-refractivity contribution is 6.01. The Kier molecular flexibility index (Phi) is 3.14. The first-order valence-corrected chi connectivity index (χ1v) is 7.99. The summed E-state index contributed by atoms with van der Waals surface area (Å²) in [5.41, 5.74) is 4.77. The zero-order valence-electron chi connectivity index (χ0n) is 12.8. The van der Waals surface area contributed by atoms with Gasteiger partial charge in [0.05, 0.1) is 0 Å². The van der Waals surface area contributed by atoms with Gasteiger partial charge in [0.25, 0.3) is 0 Å². The predicted molar refractivity (Wildman–Crippen MR) is 89.3 cm³/mol. The van der Waals surface area contributed by atoms with Gasteiger partial charge in [-0.1, -0.05) is 36.4 Å². The molecule has 0 radical (unpaired) electrons. The molecular weight excluding hydrogens is 272 g/mol. The van der Waals surface area contributed by atoms with E-state index >= 15 is 0 Å². The van der Waals surface area contributed by atoms with Gasteiger partial charge in [0, 0.05) is 17.4 Å². The lowest BCUT2D eigenvalue weighted by atomic mass is 9.97. The summed E-state index contributed by atoms with van der Waals surface area (Å²) in [7, 11) is 0. The number of anilines is 2. The average molecular weight is 292 g/mol. The summed E-state index contributed by atoms with van der Waals surface area (Å²) in [6, 6.07) is 16.7. The Labute approximate surface area is 131 Å². The van der Waals surface area contributed by atoms with Gasteiger partial charge < -0.3 is 10.2 Å². The first kappa shape index (κ1) is 13.4. The molecule has 22 heavy (non-hydrogen) atoms. The summed E-state index contributed by atoms with van der Waals surface area (Å²) in [5, 5.41) is 3.43. The second kappa shape index (κ2) is 5.16. The van der Waals surface area contributed by atoms with Crippen LogP contribution < -0.4 is 10.2 Å². The number of amides is 1. The lowest BCUT2D eigenvalue weighted by molar-refractivity contribution is -0.119. The zero-order valence-corrected chi connectivity index (χ0v) is 12.8. The Morgan fingerprint density at radius 2 is 1.82 bits per heavy atom. The van der Waals surface area contributed by atoms with Crippen LogP contribution in [0.25, 0.3) is 0 Å². The highest BCUT2D eigenvalue weighted by Gasteiger charge is 2.35. The maximum absolute atomic E-state index is 13.0. The molecule has 0 fully saturated rings. The summed E-state index contributed by atoms with van der Waals surface area (Å²) in [6.07, 6.45) is 2.77. The zero-order chi connectivity index (χ0) is 15.1. The van der Waals surface area contributed by atoms with Gasteiger partial charge in [-0.2, -0.15) is 0 Å². The van der Waals surface area contributed by atoms with E-state index in [2.05, 4.69) is 48.6 Å². The summed E-state index contributed by atoms with van der Waals surface area (Å²) < 4.78 is 0. The van der Waals surface area contributed by atoms with Crippen LogP contribution >= 0.6 is 0 Å². The van der Waals surface area contributed by atoms with Crippen molar-refractivity contribution in [1.29, 1.82) is 0 Å². The molecule has 2 unspecified atom stereocenters. The van der Waals surface area contributed by atoms with Crippen molar-refractivity contribution in [2.75, 3.05) is 10.2 Å². The molecule has 0 aromatic heterocycles. The van der Waals surface area contributed by atoms with E-state index < -0.39 is 0 Å². The molecule has 1 N–H and O–H groups in total. The fourth-order valence-corrected chi connectivity index (χ4v) is 3.69. The van der Waals surface area contributed by atoms with E-state index in [0.29, 0.717) is 0 Å². The van der Waals surface area contributed by atoms with Gasteiger partial charge >= 0.3 is 0 Å². The Morgan fingerprint density at radius 1 is 1.09 bits per heavy atom. The fraction of sp³-hybridized carbons (Fsp3) is 0.316. The average Bonchev–Trinajstić information content (AvgIpc) is 2.89. The van der Waals surface area contributed by atoms with Crippen molar-refractivity contribution in [3.05, 3.63) is 59.7 Å². The Bertz CT molecular complexity index is 725. The van der Waals surface area contributed by atoms with Crippen LogP contribution in [0.15, 0.2) is 48.5 Å². The molecule has 0 spiro atoms. The molecule has 112 valence electrons. The van der Waals surface area contributed by atoms with Crippen LogP contribution in [0.3, 0.4) is 0 Å². The van der Waals surface area contributed by atoms with Crippen molar-refractivity contribution in [1.82, 2.24) is 0 Å². The van der Waals surface area contributed by atoms with Gasteiger partial charge in [0.2, 0.25) is 5.91 Å². The van der Waals surface area contributed by atoms with Crippen LogP contribution in [0.1, 0.15) is 24.5 Å². The van der Waals surface area contributed by atoms with E-state index in [1.165, 1.54) is 11.1 Å². The lowest BCUT2D eigenvalue weighted by Crippen LogP contribution is -2.47. The molecule has 3 nitrogen and oxygen atoms in total. The molecule has 1 amide bonds. The third-order valence-electron chi connectivity index (χ3n) is 4.79. The standard InChI is InChI=1S/C19H20N2O/c1-13-12-15-7-3-5-9-18(15)21(13)19(22)17-11-10-14-6-2-4-8-16(14)20-17/h2-9,13,17,20H,10-12H2,1H3. The number of para-hydroxylation sites is 2. The monoisotopic (exact) mass is 292 g/mol. The smallest absolute Gasteiger partial charge is 0.249 e. The summed E-state index contributed by atoms with van der Waals surface area (Å²) in [5.74, 6) is 0.201. The first-order valence-electron chi connectivity index (χ1n) is 7.99. The van der Waals surface area contributed by atoms with Gasteiger partial charge in [-0.15, -0.1) is 0 Å². The van der Waals surface area contributed by atoms with Crippen molar-refractivity contribution < 1.29 is 4.79 Å². The highest BCUT2D eigenvalue weighted by Crippen LogP contribution is 2.34. The molecule has 4 rings (SSSR count). The number of carbonyl (C=O) groups excluding carboxylic acids is 1. The molecule has 0 saturated carbocycles. The second-order valence-electron chi connectivity index (χ2n) is 6.28. The van der Waals surface area contributed by atoms with Crippen LogP contribution in [-0.2, 0) is 17.6 Å². The van der Waals surface area contributed by atoms with Crippen LogP contribution in [0.5, 0.6) is 0 Å². The second-order valence-corrected chi connectivity index (χ2v) is 6.28. The number of nitrogens with zero attached hydrogens (tertiary/aromatic N) is 1. The first-order chi connectivity index (χ1) is 10.7. The number of hydrogen-bond donors (Lipinski definition) is 1. The van der Waals surface area contributed by atoms with Crippen molar-refractivity contribution in [3.8, 4) is 0 Å². The van der Waals surface area contributed by atoms with E-state index in [1.807, 2.05) is 17.0 Å². The van der Waals surface area contributed by atoms with Gasteiger partial charge in [-0.3, -0.25) is 4.79 Å². The molecule has 0 saturated heterocycles. The normalized spacial score (nSPS) is 22.7. The molecule has 2 aliphatic rings. The van der Waals surface area contributed by atoms with Crippen LogP contribution in [-0.4, -0.2) is 18.0 Å². The Morgan fingerprint density at radius 3 is 2.68 bits per heavy atom. The van der Waals surface area contributed by atoms with Gasteiger partial charge in [0.1, 0.15) is 6.04 Å². The molecule has 0 bridgehead atoms. The van der Waals surface area contributed by atoms with E-state index in [-0.39, 0.29) is 18.0 Å². The molecule has 2 aliphatic heterocycles. The molecule has 2 aromatic carbocycles. The van der Waals surface area contributed by atoms with Gasteiger partial charge in [-0.05, 0) is 49.4 Å². The summed E-state index contributed by atoms with van der Waals surface area (Å²) in [4.78, 5) is 15.0. The van der Waals surface area contributed by atoms with Gasteiger partial charge in [0.15, 0.2) is 0 Å². The number of benzene rings is 2. The largest absolute Gasteiger partial charge is 0.373 e. The van der Waals surface area contributed by atoms with E-state index in [1.54, 1.807) is 0 Å². The Hall–Kier alpha value is -2.29. The van der Waals surface area contributed by atoms with Crippen LogP contribution in [0.2, 0.25) is 0 Å². The highest BCUT2D eigenvalue weighted by atomic mass is 16.2. The molecule has 2 atom stereocenters.